The largest absolute Gasteiger partial charge is 0.493 e. The zero-order valence-corrected chi connectivity index (χ0v) is 14.9. The predicted molar refractivity (Wildman–Crippen MR) is 93.3 cm³/mol. The topological polar surface area (TPSA) is 80.0 Å². The maximum atomic E-state index is 12.6. The van der Waals surface area contributed by atoms with Gasteiger partial charge in [0.1, 0.15) is 17.9 Å². The SMILES string of the molecule is Cc1coc(CC(=O)O)c1C(=O)N(C)CCCOc1cccc(Cl)c1. The molecule has 0 atom stereocenters. The van der Waals surface area contributed by atoms with E-state index in [0.29, 0.717) is 41.5 Å². The summed E-state index contributed by atoms with van der Waals surface area (Å²) in [5, 5.41) is 9.51. The molecule has 25 heavy (non-hydrogen) atoms. The normalized spacial score (nSPS) is 10.5. The Hall–Kier alpha value is -2.47. The predicted octanol–water partition coefficient (Wildman–Crippen LogP) is 3.41. The van der Waals surface area contributed by atoms with Crippen molar-refractivity contribution < 1.29 is 23.8 Å². The minimum Gasteiger partial charge on any atom is -0.493 e. The number of halogens is 1. The number of furan rings is 1. The highest BCUT2D eigenvalue weighted by molar-refractivity contribution is 6.30. The van der Waals surface area contributed by atoms with Gasteiger partial charge in [0.25, 0.3) is 5.91 Å². The molecule has 0 saturated carbocycles. The molecule has 0 spiro atoms. The lowest BCUT2D eigenvalue weighted by Crippen LogP contribution is -2.29. The van der Waals surface area contributed by atoms with Gasteiger partial charge < -0.3 is 19.2 Å². The molecule has 1 aromatic carbocycles. The number of hydrogen-bond acceptors (Lipinski definition) is 4. The molecule has 0 bridgehead atoms. The number of aliphatic carboxylic acids is 1. The highest BCUT2D eigenvalue weighted by Gasteiger charge is 2.23. The van der Waals surface area contributed by atoms with Crippen molar-refractivity contribution in [2.75, 3.05) is 20.2 Å². The highest BCUT2D eigenvalue weighted by atomic mass is 35.5. The van der Waals surface area contributed by atoms with Crippen molar-refractivity contribution in [2.45, 2.75) is 19.8 Å². The summed E-state index contributed by atoms with van der Waals surface area (Å²) >= 11 is 5.89. The Bertz CT molecular complexity index is 756. The summed E-state index contributed by atoms with van der Waals surface area (Å²) in [6.45, 7) is 2.62. The van der Waals surface area contributed by atoms with Gasteiger partial charge in [0.2, 0.25) is 0 Å². The number of carbonyl (C=O) groups excluding carboxylic acids is 1. The van der Waals surface area contributed by atoms with Crippen LogP contribution in [0, 0.1) is 6.92 Å². The maximum absolute atomic E-state index is 12.6. The number of amides is 1. The molecule has 0 fully saturated rings. The molecule has 2 rings (SSSR count). The molecule has 1 aromatic heterocycles. The van der Waals surface area contributed by atoms with Crippen LogP contribution in [0.25, 0.3) is 0 Å². The summed E-state index contributed by atoms with van der Waals surface area (Å²) in [5.74, 6) is -0.445. The molecule has 1 N–H and O–H groups in total. The molecular weight excluding hydrogens is 346 g/mol. The van der Waals surface area contributed by atoms with Gasteiger partial charge >= 0.3 is 5.97 Å². The lowest BCUT2D eigenvalue weighted by Gasteiger charge is -2.17. The summed E-state index contributed by atoms with van der Waals surface area (Å²) in [7, 11) is 1.67. The van der Waals surface area contributed by atoms with E-state index in [1.807, 2.05) is 6.07 Å². The average Bonchev–Trinajstić information content (AvgIpc) is 2.90. The molecule has 1 heterocycles. The number of benzene rings is 1. The second-order valence-electron chi connectivity index (χ2n) is 5.67. The summed E-state index contributed by atoms with van der Waals surface area (Å²) in [6, 6.07) is 7.11. The van der Waals surface area contributed by atoms with E-state index in [4.69, 9.17) is 25.9 Å². The summed E-state index contributed by atoms with van der Waals surface area (Å²) in [6.07, 6.45) is 1.71. The average molecular weight is 366 g/mol. The van der Waals surface area contributed by atoms with E-state index in [1.54, 1.807) is 32.2 Å². The molecule has 0 aliphatic heterocycles. The fourth-order valence-electron chi connectivity index (χ4n) is 2.39. The van der Waals surface area contributed by atoms with Crippen LogP contribution < -0.4 is 4.74 Å². The number of carboxylic acid groups (broad SMARTS) is 1. The number of rotatable bonds is 8. The molecule has 2 aromatic rings. The molecule has 6 nitrogen and oxygen atoms in total. The third-order valence-electron chi connectivity index (χ3n) is 3.63. The monoisotopic (exact) mass is 365 g/mol. The minimum absolute atomic E-state index is 0.178. The van der Waals surface area contributed by atoms with Crippen molar-refractivity contribution in [3.63, 3.8) is 0 Å². The first-order chi connectivity index (χ1) is 11.9. The Morgan fingerprint density at radius 3 is 2.80 bits per heavy atom. The molecule has 0 aliphatic rings. The Morgan fingerprint density at radius 1 is 1.36 bits per heavy atom. The number of ether oxygens (including phenoxy) is 1. The number of hydrogen-bond donors (Lipinski definition) is 1. The van der Waals surface area contributed by atoms with E-state index in [2.05, 4.69) is 0 Å². The van der Waals surface area contributed by atoms with Gasteiger partial charge in [-0.2, -0.15) is 0 Å². The van der Waals surface area contributed by atoms with E-state index < -0.39 is 5.97 Å². The van der Waals surface area contributed by atoms with Gasteiger partial charge in [-0.3, -0.25) is 9.59 Å². The smallest absolute Gasteiger partial charge is 0.311 e. The quantitative estimate of drug-likeness (QED) is 0.725. The van der Waals surface area contributed by atoms with Gasteiger partial charge in [-0.1, -0.05) is 17.7 Å². The molecule has 1 amide bonds. The second-order valence-corrected chi connectivity index (χ2v) is 6.11. The number of carboxylic acids is 1. The van der Waals surface area contributed by atoms with E-state index in [1.165, 1.54) is 11.2 Å². The Labute approximate surface area is 150 Å². The van der Waals surface area contributed by atoms with Crippen molar-refractivity contribution in [3.8, 4) is 5.75 Å². The third kappa shape index (κ3) is 5.26. The van der Waals surface area contributed by atoms with Crippen LogP contribution in [0.15, 0.2) is 34.9 Å². The lowest BCUT2D eigenvalue weighted by atomic mass is 10.1. The fourth-order valence-corrected chi connectivity index (χ4v) is 2.57. The van der Waals surface area contributed by atoms with Crippen molar-refractivity contribution in [1.82, 2.24) is 4.90 Å². The fraction of sp³-hybridized carbons (Fsp3) is 0.333. The first-order valence-electron chi connectivity index (χ1n) is 7.81. The molecular formula is C18H20ClNO5. The van der Waals surface area contributed by atoms with Gasteiger partial charge in [-0.15, -0.1) is 0 Å². The van der Waals surface area contributed by atoms with Gasteiger partial charge in [0.15, 0.2) is 0 Å². The zero-order valence-electron chi connectivity index (χ0n) is 14.1. The van der Waals surface area contributed by atoms with Crippen LogP contribution in [0.1, 0.15) is 28.1 Å². The van der Waals surface area contributed by atoms with Crippen molar-refractivity contribution >= 4 is 23.5 Å². The van der Waals surface area contributed by atoms with E-state index in [9.17, 15) is 9.59 Å². The van der Waals surface area contributed by atoms with Gasteiger partial charge in [-0.25, -0.2) is 0 Å². The number of nitrogens with zero attached hydrogens (tertiary/aromatic N) is 1. The highest BCUT2D eigenvalue weighted by Crippen LogP contribution is 2.20. The Kier molecular flexibility index (Phi) is 6.47. The number of carbonyl (C=O) groups is 2. The molecule has 0 unspecified atom stereocenters. The Morgan fingerprint density at radius 2 is 2.12 bits per heavy atom. The summed E-state index contributed by atoms with van der Waals surface area (Å²) in [4.78, 5) is 25.0. The van der Waals surface area contributed by atoms with E-state index in [0.717, 1.165) is 0 Å². The van der Waals surface area contributed by atoms with Crippen LogP contribution in [0.3, 0.4) is 0 Å². The van der Waals surface area contributed by atoms with Crippen molar-refractivity contribution in [3.05, 3.63) is 52.4 Å². The Balaban J connectivity index is 1.88. The van der Waals surface area contributed by atoms with Crippen LogP contribution in [0.2, 0.25) is 5.02 Å². The maximum Gasteiger partial charge on any atom is 0.311 e. The number of aryl methyl sites for hydroxylation is 1. The van der Waals surface area contributed by atoms with Crippen LogP contribution in [0.5, 0.6) is 5.75 Å². The van der Waals surface area contributed by atoms with E-state index in [-0.39, 0.29) is 18.1 Å². The summed E-state index contributed by atoms with van der Waals surface area (Å²) < 4.78 is 10.8. The summed E-state index contributed by atoms with van der Waals surface area (Å²) in [5.41, 5.74) is 0.948. The first kappa shape index (κ1) is 18.9. The first-order valence-corrected chi connectivity index (χ1v) is 8.19. The van der Waals surface area contributed by atoms with E-state index >= 15 is 0 Å². The third-order valence-corrected chi connectivity index (χ3v) is 3.86. The van der Waals surface area contributed by atoms with Crippen LogP contribution in [-0.2, 0) is 11.2 Å². The van der Waals surface area contributed by atoms with Crippen molar-refractivity contribution in [2.24, 2.45) is 0 Å². The van der Waals surface area contributed by atoms with Crippen molar-refractivity contribution in [1.29, 1.82) is 0 Å². The van der Waals surface area contributed by atoms with Gasteiger partial charge in [0.05, 0.1) is 18.4 Å². The molecule has 0 aliphatic carbocycles. The van der Waals surface area contributed by atoms with Gasteiger partial charge in [-0.05, 0) is 31.5 Å². The van der Waals surface area contributed by atoms with Crippen LogP contribution in [-0.4, -0.2) is 42.1 Å². The standard InChI is InChI=1S/C18H20ClNO5/c1-12-11-25-15(10-16(21)22)17(12)18(23)20(2)7-4-8-24-14-6-3-5-13(19)9-14/h3,5-6,9,11H,4,7-8,10H2,1-2H3,(H,21,22). The molecule has 7 heteroatoms. The lowest BCUT2D eigenvalue weighted by molar-refractivity contribution is -0.136. The second kappa shape index (κ2) is 8.58. The van der Waals surface area contributed by atoms with Gasteiger partial charge in [0, 0.05) is 24.2 Å². The van der Waals surface area contributed by atoms with Crippen LogP contribution >= 0.6 is 11.6 Å². The molecule has 134 valence electrons. The zero-order chi connectivity index (χ0) is 18.4. The van der Waals surface area contributed by atoms with Crippen LogP contribution in [0.4, 0.5) is 0 Å². The molecule has 0 radical (unpaired) electrons. The molecule has 0 saturated heterocycles. The minimum atomic E-state index is -1.04.